The summed E-state index contributed by atoms with van der Waals surface area (Å²) in [5.74, 6) is 0.599. The van der Waals surface area contributed by atoms with Gasteiger partial charge < -0.3 is 4.74 Å². The third kappa shape index (κ3) is 1.85. The van der Waals surface area contributed by atoms with E-state index in [-0.39, 0.29) is 0 Å². The average Bonchev–Trinajstić information content (AvgIpc) is 2.71. The molecule has 0 saturated carbocycles. The van der Waals surface area contributed by atoms with Gasteiger partial charge >= 0.3 is 0 Å². The van der Waals surface area contributed by atoms with Gasteiger partial charge in [-0.05, 0) is 18.2 Å². The van der Waals surface area contributed by atoms with E-state index in [0.717, 1.165) is 5.69 Å². The molecule has 4 nitrogen and oxygen atoms in total. The van der Waals surface area contributed by atoms with Crippen LogP contribution < -0.4 is 10.2 Å². The SMILES string of the molecule is COc1cc(Nn2cccc2)ccn1. The van der Waals surface area contributed by atoms with Gasteiger partial charge in [-0.3, -0.25) is 10.1 Å². The molecule has 1 N–H and O–H groups in total. The summed E-state index contributed by atoms with van der Waals surface area (Å²) in [6.45, 7) is 0. The fourth-order valence-electron chi connectivity index (χ4n) is 1.15. The molecule has 0 fully saturated rings. The molecule has 0 bridgehead atoms. The summed E-state index contributed by atoms with van der Waals surface area (Å²) in [5, 5.41) is 0. The van der Waals surface area contributed by atoms with E-state index in [1.807, 2.05) is 41.3 Å². The molecular formula is C10H11N3O. The van der Waals surface area contributed by atoms with Gasteiger partial charge in [-0.15, -0.1) is 0 Å². The van der Waals surface area contributed by atoms with E-state index in [2.05, 4.69) is 10.4 Å². The Morgan fingerprint density at radius 2 is 2.14 bits per heavy atom. The Morgan fingerprint density at radius 3 is 2.86 bits per heavy atom. The normalized spacial score (nSPS) is 9.79. The Morgan fingerprint density at radius 1 is 1.36 bits per heavy atom. The van der Waals surface area contributed by atoms with Crippen molar-refractivity contribution in [2.24, 2.45) is 0 Å². The number of hydrogen-bond acceptors (Lipinski definition) is 3. The number of rotatable bonds is 3. The monoisotopic (exact) mass is 189 g/mol. The van der Waals surface area contributed by atoms with E-state index in [9.17, 15) is 0 Å². The Bertz CT molecular complexity index is 398. The highest BCUT2D eigenvalue weighted by molar-refractivity contribution is 5.44. The molecule has 4 heteroatoms. The lowest BCUT2D eigenvalue weighted by atomic mass is 10.4. The summed E-state index contributed by atoms with van der Waals surface area (Å²) in [6, 6.07) is 7.61. The molecule has 0 aliphatic heterocycles. The van der Waals surface area contributed by atoms with Crippen LogP contribution in [-0.4, -0.2) is 16.8 Å². The zero-order valence-electron chi connectivity index (χ0n) is 7.84. The summed E-state index contributed by atoms with van der Waals surface area (Å²) in [6.07, 6.45) is 5.55. The lowest BCUT2D eigenvalue weighted by Crippen LogP contribution is -2.05. The number of aromatic nitrogens is 2. The van der Waals surface area contributed by atoms with E-state index in [1.165, 1.54) is 0 Å². The zero-order chi connectivity index (χ0) is 9.80. The van der Waals surface area contributed by atoms with E-state index in [1.54, 1.807) is 13.3 Å². The third-order valence-electron chi connectivity index (χ3n) is 1.81. The number of ether oxygens (including phenoxy) is 1. The minimum atomic E-state index is 0.599. The Hall–Kier alpha value is -1.97. The Labute approximate surface area is 82.1 Å². The maximum Gasteiger partial charge on any atom is 0.215 e. The second-order valence-corrected chi connectivity index (χ2v) is 2.79. The van der Waals surface area contributed by atoms with Crippen LogP contribution in [0.1, 0.15) is 0 Å². The van der Waals surface area contributed by atoms with Crippen LogP contribution in [0.5, 0.6) is 5.88 Å². The standard InChI is InChI=1S/C10H11N3O/c1-14-10-8-9(4-5-11-10)12-13-6-2-3-7-13/h2-8H,1H3,(H,11,12). The van der Waals surface area contributed by atoms with Crippen LogP contribution in [0.15, 0.2) is 42.9 Å². The first kappa shape index (κ1) is 8.62. The molecule has 0 spiro atoms. The van der Waals surface area contributed by atoms with Crippen molar-refractivity contribution in [3.63, 3.8) is 0 Å². The molecule has 0 radical (unpaired) electrons. The van der Waals surface area contributed by atoms with E-state index >= 15 is 0 Å². The highest BCUT2D eigenvalue weighted by Gasteiger charge is 1.95. The smallest absolute Gasteiger partial charge is 0.215 e. The van der Waals surface area contributed by atoms with E-state index in [4.69, 9.17) is 4.74 Å². The largest absolute Gasteiger partial charge is 0.481 e. The van der Waals surface area contributed by atoms with Crippen molar-refractivity contribution in [2.75, 3.05) is 12.5 Å². The van der Waals surface area contributed by atoms with Gasteiger partial charge in [-0.2, -0.15) is 0 Å². The first-order valence-electron chi connectivity index (χ1n) is 4.28. The van der Waals surface area contributed by atoms with Crippen LogP contribution in [0, 0.1) is 0 Å². The second kappa shape index (κ2) is 3.83. The first-order valence-corrected chi connectivity index (χ1v) is 4.28. The molecule has 2 aromatic heterocycles. The predicted molar refractivity (Wildman–Crippen MR) is 54.2 cm³/mol. The van der Waals surface area contributed by atoms with Crippen LogP contribution in [0.4, 0.5) is 5.69 Å². The van der Waals surface area contributed by atoms with Gasteiger partial charge in [0.25, 0.3) is 0 Å². The van der Waals surface area contributed by atoms with Crippen molar-refractivity contribution in [2.45, 2.75) is 0 Å². The fourth-order valence-corrected chi connectivity index (χ4v) is 1.15. The summed E-state index contributed by atoms with van der Waals surface area (Å²) in [4.78, 5) is 4.02. The highest BCUT2D eigenvalue weighted by atomic mass is 16.5. The second-order valence-electron chi connectivity index (χ2n) is 2.79. The van der Waals surface area contributed by atoms with E-state index in [0.29, 0.717) is 5.88 Å². The molecule has 0 saturated heterocycles. The number of nitrogens with one attached hydrogen (secondary N) is 1. The van der Waals surface area contributed by atoms with Crippen LogP contribution in [0.25, 0.3) is 0 Å². The quantitative estimate of drug-likeness (QED) is 0.799. The minimum absolute atomic E-state index is 0.599. The van der Waals surface area contributed by atoms with Gasteiger partial charge in [-0.1, -0.05) is 0 Å². The molecule has 0 aliphatic carbocycles. The maximum absolute atomic E-state index is 5.01. The average molecular weight is 189 g/mol. The molecule has 0 atom stereocenters. The summed E-state index contributed by atoms with van der Waals surface area (Å²) >= 11 is 0. The molecule has 2 heterocycles. The molecule has 0 aliphatic rings. The number of nitrogens with zero attached hydrogens (tertiary/aromatic N) is 2. The lowest BCUT2D eigenvalue weighted by Gasteiger charge is -2.07. The number of pyridine rings is 1. The van der Waals surface area contributed by atoms with Gasteiger partial charge in [0.05, 0.1) is 12.8 Å². The van der Waals surface area contributed by atoms with Crippen molar-refractivity contribution < 1.29 is 4.74 Å². The maximum atomic E-state index is 5.01. The van der Waals surface area contributed by atoms with Gasteiger partial charge in [0.15, 0.2) is 0 Å². The van der Waals surface area contributed by atoms with Crippen molar-refractivity contribution in [3.05, 3.63) is 42.9 Å². The molecule has 2 aromatic rings. The minimum Gasteiger partial charge on any atom is -0.481 e. The van der Waals surface area contributed by atoms with Gasteiger partial charge in [-0.25, -0.2) is 4.98 Å². The van der Waals surface area contributed by atoms with Crippen LogP contribution in [0.3, 0.4) is 0 Å². The molecule has 72 valence electrons. The molecule has 14 heavy (non-hydrogen) atoms. The molecule has 0 unspecified atom stereocenters. The van der Waals surface area contributed by atoms with Crippen LogP contribution in [-0.2, 0) is 0 Å². The Balaban J connectivity index is 2.17. The van der Waals surface area contributed by atoms with Crippen LogP contribution >= 0.6 is 0 Å². The Kier molecular flexibility index (Phi) is 2.36. The van der Waals surface area contributed by atoms with Crippen molar-refractivity contribution in [1.82, 2.24) is 9.66 Å². The molecule has 0 aromatic carbocycles. The fraction of sp³-hybridized carbons (Fsp3) is 0.100. The summed E-state index contributed by atoms with van der Waals surface area (Å²) < 4.78 is 6.87. The molecular weight excluding hydrogens is 178 g/mol. The predicted octanol–water partition coefficient (Wildman–Crippen LogP) is 1.77. The topological polar surface area (TPSA) is 39.1 Å². The summed E-state index contributed by atoms with van der Waals surface area (Å²) in [5.41, 5.74) is 4.09. The van der Waals surface area contributed by atoms with Crippen molar-refractivity contribution >= 4 is 5.69 Å². The van der Waals surface area contributed by atoms with Crippen molar-refractivity contribution in [1.29, 1.82) is 0 Å². The first-order chi connectivity index (χ1) is 6.88. The van der Waals surface area contributed by atoms with Crippen LogP contribution in [0.2, 0.25) is 0 Å². The lowest BCUT2D eigenvalue weighted by molar-refractivity contribution is 0.398. The number of methoxy groups -OCH3 is 1. The molecule has 2 rings (SSSR count). The number of anilines is 1. The highest BCUT2D eigenvalue weighted by Crippen LogP contribution is 2.13. The van der Waals surface area contributed by atoms with Gasteiger partial charge in [0.2, 0.25) is 5.88 Å². The number of hydrogen-bond donors (Lipinski definition) is 1. The van der Waals surface area contributed by atoms with E-state index < -0.39 is 0 Å². The van der Waals surface area contributed by atoms with Crippen molar-refractivity contribution in [3.8, 4) is 5.88 Å². The molecule has 0 amide bonds. The van der Waals surface area contributed by atoms with Gasteiger partial charge in [0, 0.05) is 24.7 Å². The third-order valence-corrected chi connectivity index (χ3v) is 1.81. The van der Waals surface area contributed by atoms with Gasteiger partial charge in [0.1, 0.15) is 0 Å². The summed E-state index contributed by atoms with van der Waals surface area (Å²) in [7, 11) is 1.60. The zero-order valence-corrected chi connectivity index (χ0v) is 7.84.